The number of aryl methyl sites for hydroxylation is 2. The van der Waals surface area contributed by atoms with Crippen molar-refractivity contribution < 1.29 is 22.7 Å². The van der Waals surface area contributed by atoms with Crippen LogP contribution < -0.4 is 13.8 Å². The number of likely N-dealkylation sites (N-methyl/N-ethyl adjacent to an activating group) is 1. The predicted octanol–water partition coefficient (Wildman–Crippen LogP) is 7.44. The fraction of sp³-hybridized carbons (Fsp3) is 0.222. The molecule has 0 aliphatic heterocycles. The molecule has 6 aromatic rings. The van der Waals surface area contributed by atoms with Crippen molar-refractivity contribution >= 4 is 65.7 Å². The van der Waals surface area contributed by atoms with Gasteiger partial charge in [-0.2, -0.15) is 4.37 Å². The number of benzene rings is 3. The zero-order valence-corrected chi connectivity index (χ0v) is 30.0. The smallest absolute Gasteiger partial charge is 0.264 e. The molecule has 1 amide bonds. The van der Waals surface area contributed by atoms with Crippen molar-refractivity contribution in [2.75, 3.05) is 31.6 Å². The Morgan fingerprint density at radius 1 is 0.918 bits per heavy atom. The molecule has 0 unspecified atom stereocenters. The van der Waals surface area contributed by atoms with Gasteiger partial charge in [0.1, 0.15) is 6.54 Å². The van der Waals surface area contributed by atoms with Crippen molar-refractivity contribution in [3.63, 3.8) is 0 Å². The number of amides is 1. The third-order valence-corrected chi connectivity index (χ3v) is 11.1. The van der Waals surface area contributed by atoms with Crippen LogP contribution in [0.4, 0.5) is 5.69 Å². The number of methoxy groups -OCH3 is 2. The summed E-state index contributed by atoms with van der Waals surface area (Å²) in [7, 11) is -1.42. The van der Waals surface area contributed by atoms with Crippen LogP contribution in [0.1, 0.15) is 24.0 Å². The molecular weight excluding hydrogens is 682 g/mol. The third kappa shape index (κ3) is 6.76. The fourth-order valence-electron chi connectivity index (χ4n) is 5.78. The highest BCUT2D eigenvalue weighted by molar-refractivity contribution is 7.92. The Balaban J connectivity index is 1.47. The van der Waals surface area contributed by atoms with Gasteiger partial charge in [-0.25, -0.2) is 13.4 Å². The quantitative estimate of drug-likeness (QED) is 0.136. The maximum Gasteiger partial charge on any atom is 0.264 e. The van der Waals surface area contributed by atoms with Crippen LogP contribution in [0.3, 0.4) is 0 Å². The third-order valence-electron chi connectivity index (χ3n) is 8.22. The molecule has 0 spiro atoms. The lowest BCUT2D eigenvalue weighted by Crippen LogP contribution is -2.43. The molecule has 0 N–H and O–H groups in total. The van der Waals surface area contributed by atoms with Gasteiger partial charge < -0.3 is 14.4 Å². The molecule has 0 radical (unpaired) electrons. The van der Waals surface area contributed by atoms with Gasteiger partial charge in [0, 0.05) is 39.7 Å². The van der Waals surface area contributed by atoms with Gasteiger partial charge in [0.15, 0.2) is 11.5 Å². The van der Waals surface area contributed by atoms with Gasteiger partial charge in [-0.15, -0.1) is 0 Å². The van der Waals surface area contributed by atoms with Crippen LogP contribution >= 0.6 is 23.1 Å². The Hall–Kier alpha value is -4.78. The second-order valence-corrected chi connectivity index (χ2v) is 14.4. The minimum absolute atomic E-state index is 0.0651. The second kappa shape index (κ2) is 14.0. The summed E-state index contributed by atoms with van der Waals surface area (Å²) in [5.41, 5.74) is 4.73. The molecule has 3 aromatic carbocycles. The summed E-state index contributed by atoms with van der Waals surface area (Å²) in [5, 5.41) is 2.07. The van der Waals surface area contributed by atoms with Gasteiger partial charge in [-0.1, -0.05) is 23.7 Å². The molecule has 0 fully saturated rings. The number of sulfonamides is 1. The SMILES string of the molecule is CCN(Cc1cccc(C)n1)C(=O)CN(c1cccc2nc(-c3cc(Cl)cc4snc(C)c34)ccc12)S(=O)(=O)c1ccc(OC)c(OC)c1. The lowest BCUT2D eigenvalue weighted by molar-refractivity contribution is -0.130. The van der Waals surface area contributed by atoms with E-state index in [-0.39, 0.29) is 17.2 Å². The van der Waals surface area contributed by atoms with Gasteiger partial charge in [0.25, 0.3) is 10.0 Å². The summed E-state index contributed by atoms with van der Waals surface area (Å²) in [6, 6.07) is 22.6. The molecule has 3 heterocycles. The van der Waals surface area contributed by atoms with Crippen LogP contribution in [0.5, 0.6) is 11.5 Å². The standard InChI is InChI=1S/C36H34ClN5O5S2/c1-6-41(20-25-10-7-9-22(2)38-25)35(43)21-42(49(44,45)26-13-16-32(46-4)33(19-26)47-5)31-12-8-11-29-27(31)14-15-30(39-29)28-17-24(37)18-34-36(28)23(3)40-48-34/h7-19H,6,20-21H2,1-5H3. The first-order valence-electron chi connectivity index (χ1n) is 15.4. The lowest BCUT2D eigenvalue weighted by Gasteiger charge is -2.29. The topological polar surface area (TPSA) is 115 Å². The fourth-order valence-corrected chi connectivity index (χ4v) is 8.37. The van der Waals surface area contributed by atoms with E-state index in [1.165, 1.54) is 44.0 Å². The summed E-state index contributed by atoms with van der Waals surface area (Å²) < 4.78 is 46.5. The Morgan fingerprint density at radius 2 is 1.69 bits per heavy atom. The highest BCUT2D eigenvalue weighted by Crippen LogP contribution is 2.38. The van der Waals surface area contributed by atoms with Crippen molar-refractivity contribution in [3.05, 3.63) is 101 Å². The number of hydrogen-bond donors (Lipinski definition) is 0. The number of nitrogens with zero attached hydrogens (tertiary/aromatic N) is 5. The van der Waals surface area contributed by atoms with Crippen LogP contribution in [-0.2, 0) is 21.4 Å². The normalized spacial score (nSPS) is 11.6. The Kier molecular flexibility index (Phi) is 9.73. The van der Waals surface area contributed by atoms with Crippen LogP contribution in [0.25, 0.3) is 32.2 Å². The molecule has 0 aliphatic carbocycles. The number of pyridine rings is 2. The van der Waals surface area contributed by atoms with Gasteiger partial charge in [0.05, 0.1) is 58.6 Å². The zero-order chi connectivity index (χ0) is 34.9. The molecule has 49 heavy (non-hydrogen) atoms. The highest BCUT2D eigenvalue weighted by Gasteiger charge is 2.31. The molecule has 13 heteroatoms. The Morgan fingerprint density at radius 3 is 2.43 bits per heavy atom. The maximum atomic E-state index is 14.6. The number of ether oxygens (including phenoxy) is 2. The number of halogens is 1. The van der Waals surface area contributed by atoms with Gasteiger partial charge in [-0.05, 0) is 93.0 Å². The highest BCUT2D eigenvalue weighted by atomic mass is 35.5. The molecule has 0 bridgehead atoms. The van der Waals surface area contributed by atoms with Crippen molar-refractivity contribution in [2.24, 2.45) is 0 Å². The first-order chi connectivity index (χ1) is 23.5. The molecule has 0 saturated heterocycles. The number of hydrogen-bond acceptors (Lipinski definition) is 9. The van der Waals surface area contributed by atoms with Gasteiger partial charge in [0.2, 0.25) is 5.91 Å². The molecule has 252 valence electrons. The van der Waals surface area contributed by atoms with E-state index in [0.29, 0.717) is 45.3 Å². The van der Waals surface area contributed by atoms with Crippen LogP contribution in [0.15, 0.2) is 83.8 Å². The summed E-state index contributed by atoms with van der Waals surface area (Å²) in [4.78, 5) is 25.0. The number of rotatable bonds is 11. The van der Waals surface area contributed by atoms with Crippen molar-refractivity contribution in [2.45, 2.75) is 32.2 Å². The van der Waals surface area contributed by atoms with E-state index in [0.717, 1.165) is 31.3 Å². The number of aromatic nitrogens is 3. The molecule has 0 atom stereocenters. The number of carbonyl (C=O) groups is 1. The van der Waals surface area contributed by atoms with Gasteiger partial charge in [-0.3, -0.25) is 14.1 Å². The van der Waals surface area contributed by atoms with E-state index in [1.54, 1.807) is 17.0 Å². The average molecular weight is 716 g/mol. The summed E-state index contributed by atoms with van der Waals surface area (Å²) >= 11 is 7.85. The van der Waals surface area contributed by atoms with E-state index in [9.17, 15) is 13.2 Å². The largest absolute Gasteiger partial charge is 0.493 e. The number of anilines is 1. The summed E-state index contributed by atoms with van der Waals surface area (Å²) in [6.07, 6.45) is 0. The van der Waals surface area contributed by atoms with Crippen LogP contribution in [0.2, 0.25) is 5.02 Å². The van der Waals surface area contributed by atoms with E-state index in [2.05, 4.69) is 9.36 Å². The summed E-state index contributed by atoms with van der Waals surface area (Å²) in [6.45, 7) is 5.79. The minimum Gasteiger partial charge on any atom is -0.493 e. The van der Waals surface area contributed by atoms with E-state index >= 15 is 0 Å². The Bertz CT molecular complexity index is 2310. The van der Waals surface area contributed by atoms with Crippen molar-refractivity contribution in [3.8, 4) is 22.8 Å². The van der Waals surface area contributed by atoms with Gasteiger partial charge >= 0.3 is 0 Å². The van der Waals surface area contributed by atoms with E-state index < -0.39 is 22.5 Å². The molecule has 0 saturated carbocycles. The molecule has 3 aromatic heterocycles. The maximum absolute atomic E-state index is 14.6. The second-order valence-electron chi connectivity index (χ2n) is 11.3. The van der Waals surface area contributed by atoms with Crippen LogP contribution in [0, 0.1) is 13.8 Å². The average Bonchev–Trinajstić information content (AvgIpc) is 3.47. The predicted molar refractivity (Wildman–Crippen MR) is 194 cm³/mol. The van der Waals surface area contributed by atoms with E-state index in [1.807, 2.05) is 69.3 Å². The van der Waals surface area contributed by atoms with E-state index in [4.69, 9.17) is 26.1 Å². The molecule has 10 nitrogen and oxygen atoms in total. The van der Waals surface area contributed by atoms with Crippen molar-refractivity contribution in [1.82, 2.24) is 19.2 Å². The monoisotopic (exact) mass is 715 g/mol. The minimum atomic E-state index is -4.33. The zero-order valence-electron chi connectivity index (χ0n) is 27.6. The summed E-state index contributed by atoms with van der Waals surface area (Å²) in [5.74, 6) is 0.226. The Labute approximate surface area is 294 Å². The molecule has 0 aliphatic rings. The first kappa shape index (κ1) is 34.1. The van der Waals surface area contributed by atoms with Crippen molar-refractivity contribution in [1.29, 1.82) is 0 Å². The molecular formula is C36H34ClN5O5S2. The number of carbonyl (C=O) groups excluding carboxylic acids is 1. The van der Waals surface area contributed by atoms with Crippen LogP contribution in [-0.4, -0.2) is 60.9 Å². The molecule has 6 rings (SSSR count). The number of fused-ring (bicyclic) bond motifs is 2. The first-order valence-corrected chi connectivity index (χ1v) is 18.0. The lowest BCUT2D eigenvalue weighted by atomic mass is 10.0.